The summed E-state index contributed by atoms with van der Waals surface area (Å²) in [6.07, 6.45) is 0. The molecule has 5 nitrogen and oxygen atoms in total. The Balaban J connectivity index is 1.57. The molecule has 0 heterocycles. The van der Waals surface area contributed by atoms with Crippen molar-refractivity contribution in [3.05, 3.63) is 83.4 Å². The average molecular weight is 421 g/mol. The highest BCUT2D eigenvalue weighted by molar-refractivity contribution is 8.00. The number of carbonyl (C=O) groups excluding carboxylic acids is 2. The van der Waals surface area contributed by atoms with Gasteiger partial charge in [-0.05, 0) is 73.5 Å². The van der Waals surface area contributed by atoms with Crippen LogP contribution in [0, 0.1) is 13.8 Å². The Kier molecular flexibility index (Phi) is 7.14. The Hall–Kier alpha value is -3.25. The van der Waals surface area contributed by atoms with Gasteiger partial charge in [-0.15, -0.1) is 11.8 Å². The normalized spacial score (nSPS) is 10.4. The van der Waals surface area contributed by atoms with Crippen molar-refractivity contribution in [3.63, 3.8) is 0 Å². The second-order valence-electron chi connectivity index (χ2n) is 6.79. The van der Waals surface area contributed by atoms with Crippen LogP contribution in [-0.2, 0) is 4.79 Å². The molecule has 0 fully saturated rings. The molecule has 0 aromatic heterocycles. The maximum atomic E-state index is 12.4. The summed E-state index contributed by atoms with van der Waals surface area (Å²) in [6, 6.07) is 20.2. The van der Waals surface area contributed by atoms with Crippen molar-refractivity contribution < 1.29 is 14.3 Å². The van der Waals surface area contributed by atoms with Gasteiger partial charge in [-0.2, -0.15) is 0 Å². The summed E-state index contributed by atoms with van der Waals surface area (Å²) in [7, 11) is 1.58. The minimum absolute atomic E-state index is 0.0682. The number of ether oxygens (including phenoxy) is 1. The van der Waals surface area contributed by atoms with Gasteiger partial charge in [0.25, 0.3) is 5.91 Å². The highest BCUT2D eigenvalue weighted by Crippen LogP contribution is 2.23. The van der Waals surface area contributed by atoms with Crippen molar-refractivity contribution in [1.29, 1.82) is 0 Å². The predicted molar refractivity (Wildman–Crippen MR) is 123 cm³/mol. The largest absolute Gasteiger partial charge is 0.497 e. The fourth-order valence-electron chi connectivity index (χ4n) is 2.83. The fraction of sp³-hybridized carbons (Fsp3) is 0.167. The van der Waals surface area contributed by atoms with Crippen molar-refractivity contribution in [1.82, 2.24) is 0 Å². The van der Waals surface area contributed by atoms with Gasteiger partial charge in [-0.1, -0.05) is 18.2 Å². The summed E-state index contributed by atoms with van der Waals surface area (Å²) < 4.78 is 5.11. The van der Waals surface area contributed by atoms with Crippen molar-refractivity contribution >= 4 is 35.0 Å². The summed E-state index contributed by atoms with van der Waals surface area (Å²) in [4.78, 5) is 25.7. The van der Waals surface area contributed by atoms with Crippen LogP contribution < -0.4 is 15.4 Å². The highest BCUT2D eigenvalue weighted by Gasteiger charge is 2.09. The van der Waals surface area contributed by atoms with Gasteiger partial charge in [0.2, 0.25) is 5.91 Å². The quantitative estimate of drug-likeness (QED) is 0.509. The molecule has 3 aromatic rings. The molecule has 0 atom stereocenters. The molecule has 0 aliphatic heterocycles. The van der Waals surface area contributed by atoms with Gasteiger partial charge in [0.1, 0.15) is 5.75 Å². The Morgan fingerprint density at radius 3 is 2.40 bits per heavy atom. The molecule has 0 aliphatic carbocycles. The first-order valence-electron chi connectivity index (χ1n) is 9.50. The summed E-state index contributed by atoms with van der Waals surface area (Å²) >= 11 is 1.42. The summed E-state index contributed by atoms with van der Waals surface area (Å²) in [5.74, 6) is 0.710. The van der Waals surface area contributed by atoms with Crippen molar-refractivity contribution in [2.24, 2.45) is 0 Å². The standard InChI is InChI=1S/C24H24N2O3S/c1-16-6-4-9-22(17(16)2)26-23(27)15-30-21-8-5-7-19(14-21)25-24(28)18-10-12-20(29-3)13-11-18/h4-14H,15H2,1-3H3,(H,25,28)(H,26,27). The molecule has 2 amide bonds. The molecule has 6 heteroatoms. The second kappa shape index (κ2) is 9.98. The minimum atomic E-state index is -0.201. The molecule has 0 saturated carbocycles. The third kappa shape index (κ3) is 5.64. The van der Waals surface area contributed by atoms with Crippen LogP contribution >= 0.6 is 11.8 Å². The highest BCUT2D eigenvalue weighted by atomic mass is 32.2. The molecule has 0 spiro atoms. The van der Waals surface area contributed by atoms with E-state index >= 15 is 0 Å². The molecule has 0 saturated heterocycles. The Bertz CT molecular complexity index is 1050. The molecule has 0 aliphatic rings. The van der Waals surface area contributed by atoms with E-state index in [1.807, 2.05) is 56.3 Å². The van der Waals surface area contributed by atoms with Crippen molar-refractivity contribution in [2.75, 3.05) is 23.5 Å². The molecule has 30 heavy (non-hydrogen) atoms. The van der Waals surface area contributed by atoms with Crippen LogP contribution in [0.5, 0.6) is 5.75 Å². The van der Waals surface area contributed by atoms with Crippen LogP contribution in [0.15, 0.2) is 71.6 Å². The topological polar surface area (TPSA) is 67.4 Å². The van der Waals surface area contributed by atoms with Gasteiger partial charge < -0.3 is 15.4 Å². The first-order valence-corrected chi connectivity index (χ1v) is 10.5. The summed E-state index contributed by atoms with van der Waals surface area (Å²) in [5.41, 5.74) is 4.26. The third-order valence-electron chi connectivity index (χ3n) is 4.69. The number of hydrogen-bond acceptors (Lipinski definition) is 4. The van der Waals surface area contributed by atoms with E-state index in [0.29, 0.717) is 17.0 Å². The van der Waals surface area contributed by atoms with E-state index in [1.165, 1.54) is 11.8 Å². The summed E-state index contributed by atoms with van der Waals surface area (Å²) in [5, 5.41) is 5.84. The SMILES string of the molecule is COc1ccc(C(=O)Nc2cccc(SCC(=O)Nc3cccc(C)c3C)c2)cc1. The van der Waals surface area contributed by atoms with Crippen molar-refractivity contribution in [3.8, 4) is 5.75 Å². The summed E-state index contributed by atoms with van der Waals surface area (Å²) in [6.45, 7) is 4.01. The molecule has 2 N–H and O–H groups in total. The van der Waals surface area contributed by atoms with Gasteiger partial charge in [-0.3, -0.25) is 9.59 Å². The number of anilines is 2. The van der Waals surface area contributed by atoms with E-state index in [1.54, 1.807) is 31.4 Å². The lowest BCUT2D eigenvalue weighted by Crippen LogP contribution is -2.15. The van der Waals surface area contributed by atoms with Crippen LogP contribution in [0.4, 0.5) is 11.4 Å². The zero-order valence-corrected chi connectivity index (χ0v) is 18.0. The molecular weight excluding hydrogens is 396 g/mol. The smallest absolute Gasteiger partial charge is 0.255 e. The molecule has 3 aromatic carbocycles. The minimum Gasteiger partial charge on any atom is -0.497 e. The Morgan fingerprint density at radius 1 is 0.933 bits per heavy atom. The number of thioether (sulfide) groups is 1. The van der Waals surface area contributed by atoms with Crippen LogP contribution in [0.1, 0.15) is 21.5 Å². The first kappa shape index (κ1) is 21.5. The number of methoxy groups -OCH3 is 1. The van der Waals surface area contributed by atoms with Gasteiger partial charge in [-0.25, -0.2) is 0 Å². The monoisotopic (exact) mass is 420 g/mol. The Labute approximate surface area is 180 Å². The maximum absolute atomic E-state index is 12.4. The number of amides is 2. The van der Waals surface area contributed by atoms with E-state index < -0.39 is 0 Å². The molecule has 154 valence electrons. The van der Waals surface area contributed by atoms with E-state index in [2.05, 4.69) is 10.6 Å². The fourth-order valence-corrected chi connectivity index (χ4v) is 3.59. The second-order valence-corrected chi connectivity index (χ2v) is 7.84. The number of aryl methyl sites for hydroxylation is 1. The maximum Gasteiger partial charge on any atom is 0.255 e. The van der Waals surface area contributed by atoms with Crippen LogP contribution in [-0.4, -0.2) is 24.7 Å². The average Bonchev–Trinajstić information content (AvgIpc) is 2.76. The molecule has 3 rings (SSSR count). The van der Waals surface area contributed by atoms with E-state index in [-0.39, 0.29) is 17.6 Å². The number of benzene rings is 3. The number of nitrogens with one attached hydrogen (secondary N) is 2. The zero-order valence-electron chi connectivity index (χ0n) is 17.2. The lowest BCUT2D eigenvalue weighted by molar-refractivity contribution is -0.113. The van der Waals surface area contributed by atoms with Gasteiger partial charge >= 0.3 is 0 Å². The zero-order chi connectivity index (χ0) is 21.5. The third-order valence-corrected chi connectivity index (χ3v) is 5.69. The van der Waals surface area contributed by atoms with Crippen LogP contribution in [0.2, 0.25) is 0 Å². The lowest BCUT2D eigenvalue weighted by atomic mass is 10.1. The van der Waals surface area contributed by atoms with E-state index in [4.69, 9.17) is 4.74 Å². The number of rotatable bonds is 7. The number of carbonyl (C=O) groups is 2. The molecular formula is C24H24N2O3S. The van der Waals surface area contributed by atoms with Gasteiger partial charge in [0.15, 0.2) is 0 Å². The van der Waals surface area contributed by atoms with Gasteiger partial charge in [0.05, 0.1) is 12.9 Å². The van der Waals surface area contributed by atoms with Crippen LogP contribution in [0.25, 0.3) is 0 Å². The van der Waals surface area contributed by atoms with Crippen LogP contribution in [0.3, 0.4) is 0 Å². The molecule has 0 bridgehead atoms. The van der Waals surface area contributed by atoms with Gasteiger partial charge in [0, 0.05) is 21.8 Å². The molecule has 0 unspecified atom stereocenters. The first-order chi connectivity index (χ1) is 14.5. The van der Waals surface area contributed by atoms with Crippen molar-refractivity contribution in [2.45, 2.75) is 18.7 Å². The van der Waals surface area contributed by atoms with E-state index in [9.17, 15) is 9.59 Å². The molecule has 0 radical (unpaired) electrons. The Morgan fingerprint density at radius 2 is 1.67 bits per heavy atom. The van der Waals surface area contributed by atoms with E-state index in [0.717, 1.165) is 21.7 Å². The number of hydrogen-bond donors (Lipinski definition) is 2. The lowest BCUT2D eigenvalue weighted by Gasteiger charge is -2.11. The predicted octanol–water partition coefficient (Wildman–Crippen LogP) is 5.30.